The Morgan fingerprint density at radius 3 is 2.32 bits per heavy atom. The zero-order valence-electron chi connectivity index (χ0n) is 26.8. The normalized spacial score (nSPS) is 33.6. The van der Waals surface area contributed by atoms with E-state index < -0.39 is 11.1 Å². The minimum absolute atomic E-state index is 0.0483. The van der Waals surface area contributed by atoms with Gasteiger partial charge in [-0.3, -0.25) is 14.5 Å². The lowest BCUT2D eigenvalue weighted by molar-refractivity contribution is -0.190. The topological polar surface area (TPSA) is 58.6 Å². The minimum atomic E-state index is -1.03. The van der Waals surface area contributed by atoms with Crippen LogP contribution in [0.4, 0.5) is 5.69 Å². The minimum Gasteiger partial charge on any atom is -0.363 e. The molecule has 1 saturated heterocycles. The molecule has 1 N–H and O–H groups in total. The van der Waals surface area contributed by atoms with Gasteiger partial charge in [0, 0.05) is 17.1 Å². The molecule has 0 bridgehead atoms. The SMILES string of the molecule is CC1=CC[C@H]2C(C)(C)CCC[C@]2(C)[C@@]12CC[C@@](C)(CC(=O)N(c1ccccc1)C(C)(C)C(=O)NC1CCCCC1)O2. The van der Waals surface area contributed by atoms with Gasteiger partial charge in [-0.15, -0.1) is 0 Å². The molecule has 3 fully saturated rings. The molecule has 2 amide bonds. The van der Waals surface area contributed by atoms with Crippen LogP contribution in [0.5, 0.6) is 0 Å². The largest absolute Gasteiger partial charge is 0.363 e. The summed E-state index contributed by atoms with van der Waals surface area (Å²) in [5.41, 5.74) is 0.454. The maximum absolute atomic E-state index is 14.4. The lowest BCUT2D eigenvalue weighted by Gasteiger charge is -2.61. The molecule has 3 aliphatic carbocycles. The van der Waals surface area contributed by atoms with E-state index in [0.29, 0.717) is 5.92 Å². The Morgan fingerprint density at radius 2 is 1.63 bits per heavy atom. The quantitative estimate of drug-likeness (QED) is 0.356. The molecule has 5 heteroatoms. The number of ether oxygens (including phenoxy) is 1. The molecule has 5 nitrogen and oxygen atoms in total. The Labute approximate surface area is 248 Å². The maximum Gasteiger partial charge on any atom is 0.246 e. The van der Waals surface area contributed by atoms with Gasteiger partial charge in [-0.05, 0) is 102 Å². The lowest BCUT2D eigenvalue weighted by atomic mass is 9.46. The molecule has 1 aliphatic heterocycles. The zero-order valence-corrected chi connectivity index (χ0v) is 26.8. The van der Waals surface area contributed by atoms with Gasteiger partial charge in [0.15, 0.2) is 0 Å². The summed E-state index contributed by atoms with van der Waals surface area (Å²) >= 11 is 0. The number of rotatable bonds is 6. The summed E-state index contributed by atoms with van der Waals surface area (Å²) in [6, 6.07) is 9.90. The third kappa shape index (κ3) is 5.30. The average molecular weight is 563 g/mol. The highest BCUT2D eigenvalue weighted by molar-refractivity contribution is 6.03. The van der Waals surface area contributed by atoms with E-state index in [4.69, 9.17) is 4.74 Å². The molecule has 0 radical (unpaired) electrons. The van der Waals surface area contributed by atoms with Crippen molar-refractivity contribution in [3.05, 3.63) is 42.0 Å². The number of carbonyl (C=O) groups is 2. The van der Waals surface area contributed by atoms with Crippen molar-refractivity contribution < 1.29 is 14.3 Å². The summed E-state index contributed by atoms with van der Waals surface area (Å²) in [4.78, 5) is 29.9. The summed E-state index contributed by atoms with van der Waals surface area (Å²) in [6.07, 6.45) is 14.8. The van der Waals surface area contributed by atoms with E-state index in [2.05, 4.69) is 46.0 Å². The number of benzene rings is 1. The molecule has 1 heterocycles. The van der Waals surface area contributed by atoms with E-state index in [1.807, 2.05) is 44.2 Å². The van der Waals surface area contributed by atoms with E-state index in [-0.39, 0.29) is 40.7 Å². The number of anilines is 1. The first-order valence-corrected chi connectivity index (χ1v) is 16.3. The van der Waals surface area contributed by atoms with E-state index in [1.54, 1.807) is 4.90 Å². The maximum atomic E-state index is 14.4. The first-order valence-electron chi connectivity index (χ1n) is 16.3. The molecule has 4 aliphatic rings. The van der Waals surface area contributed by atoms with Gasteiger partial charge in [0.1, 0.15) is 5.54 Å². The van der Waals surface area contributed by atoms with Crippen molar-refractivity contribution in [3.63, 3.8) is 0 Å². The Kier molecular flexibility index (Phi) is 8.02. The van der Waals surface area contributed by atoms with Crippen molar-refractivity contribution in [2.45, 2.75) is 148 Å². The highest BCUT2D eigenvalue weighted by atomic mass is 16.5. The van der Waals surface area contributed by atoms with E-state index in [9.17, 15) is 9.59 Å². The van der Waals surface area contributed by atoms with Crippen molar-refractivity contribution in [1.29, 1.82) is 0 Å². The molecule has 1 aromatic rings. The van der Waals surface area contributed by atoms with Gasteiger partial charge in [-0.2, -0.15) is 0 Å². The van der Waals surface area contributed by atoms with Crippen molar-refractivity contribution >= 4 is 17.5 Å². The van der Waals surface area contributed by atoms with Crippen LogP contribution < -0.4 is 10.2 Å². The first kappa shape index (κ1) is 30.3. The van der Waals surface area contributed by atoms with Gasteiger partial charge in [0.2, 0.25) is 11.8 Å². The Bertz CT molecular complexity index is 1170. The molecule has 2 saturated carbocycles. The predicted molar refractivity (Wildman–Crippen MR) is 167 cm³/mol. The van der Waals surface area contributed by atoms with E-state index >= 15 is 0 Å². The molecular formula is C36H54N2O3. The van der Waals surface area contributed by atoms with Crippen molar-refractivity contribution in [2.75, 3.05) is 4.90 Å². The molecule has 1 aromatic carbocycles. The number of hydrogen-bond acceptors (Lipinski definition) is 3. The lowest BCUT2D eigenvalue weighted by Crippen LogP contribution is -2.61. The molecule has 226 valence electrons. The second-order valence-corrected chi connectivity index (χ2v) is 15.4. The van der Waals surface area contributed by atoms with Crippen LogP contribution in [0.25, 0.3) is 0 Å². The number of hydrogen-bond donors (Lipinski definition) is 1. The van der Waals surface area contributed by atoms with Crippen molar-refractivity contribution in [1.82, 2.24) is 5.32 Å². The van der Waals surface area contributed by atoms with E-state index in [1.165, 1.54) is 31.3 Å². The Balaban J connectivity index is 1.41. The monoisotopic (exact) mass is 562 g/mol. The van der Waals surface area contributed by atoms with Crippen LogP contribution in [0.1, 0.15) is 126 Å². The van der Waals surface area contributed by atoms with Crippen molar-refractivity contribution in [3.8, 4) is 0 Å². The fourth-order valence-corrected chi connectivity index (χ4v) is 9.33. The van der Waals surface area contributed by atoms with Crippen LogP contribution in [0.3, 0.4) is 0 Å². The number of fused-ring (bicyclic) bond motifs is 2. The number of amides is 2. The third-order valence-electron chi connectivity index (χ3n) is 11.7. The van der Waals surface area contributed by atoms with Gasteiger partial charge in [0.25, 0.3) is 0 Å². The van der Waals surface area contributed by atoms with Gasteiger partial charge in [0.05, 0.1) is 17.6 Å². The molecule has 1 spiro atoms. The van der Waals surface area contributed by atoms with Crippen LogP contribution in [-0.4, -0.2) is 34.6 Å². The Hall–Kier alpha value is -2.14. The molecule has 5 rings (SSSR count). The molecule has 0 aromatic heterocycles. The fraction of sp³-hybridized carbons (Fsp3) is 0.722. The average Bonchev–Trinajstić information content (AvgIpc) is 3.26. The molecular weight excluding hydrogens is 508 g/mol. The van der Waals surface area contributed by atoms with Crippen LogP contribution in [0.2, 0.25) is 0 Å². The predicted octanol–water partition coefficient (Wildman–Crippen LogP) is 8.13. The van der Waals surface area contributed by atoms with Gasteiger partial charge in [-0.1, -0.05) is 70.7 Å². The number of nitrogens with one attached hydrogen (secondary N) is 1. The van der Waals surface area contributed by atoms with Crippen LogP contribution in [0, 0.1) is 16.7 Å². The molecule has 41 heavy (non-hydrogen) atoms. The summed E-state index contributed by atoms with van der Waals surface area (Å²) < 4.78 is 7.29. The number of para-hydroxylation sites is 1. The van der Waals surface area contributed by atoms with Crippen LogP contribution in [0.15, 0.2) is 42.0 Å². The van der Waals surface area contributed by atoms with E-state index in [0.717, 1.165) is 50.6 Å². The first-order chi connectivity index (χ1) is 19.2. The summed E-state index contributed by atoms with van der Waals surface area (Å²) in [5, 5.41) is 3.29. The van der Waals surface area contributed by atoms with Crippen LogP contribution >= 0.6 is 0 Å². The second kappa shape index (κ2) is 10.8. The van der Waals surface area contributed by atoms with Gasteiger partial charge in [-0.25, -0.2) is 0 Å². The number of nitrogens with zero attached hydrogens (tertiary/aromatic N) is 1. The molecule has 4 atom stereocenters. The summed E-state index contributed by atoms with van der Waals surface area (Å²) in [5.74, 6) is 0.429. The standard InChI is InChI=1S/C36H54N2O3/c1-26-19-20-29-32(2,3)21-14-22-35(29,7)36(26)24-23-34(6,41-36)25-30(39)38(28-17-12-9-13-18-28)33(4,5)31(40)37-27-15-10-8-11-16-27/h9,12-13,17-19,27,29H,8,10-11,14-16,20-25H2,1-7H3,(H,37,40)/t29-,34-,35-,36+/m0/s1. The van der Waals surface area contributed by atoms with Crippen LogP contribution in [-0.2, 0) is 14.3 Å². The number of carbonyl (C=O) groups excluding carboxylic acids is 2. The summed E-state index contributed by atoms with van der Waals surface area (Å²) in [6.45, 7) is 15.5. The Morgan fingerprint density at radius 1 is 0.951 bits per heavy atom. The summed E-state index contributed by atoms with van der Waals surface area (Å²) in [7, 11) is 0. The van der Waals surface area contributed by atoms with Crippen molar-refractivity contribution in [2.24, 2.45) is 16.7 Å². The number of allylic oxidation sites excluding steroid dienone is 1. The fourth-order valence-electron chi connectivity index (χ4n) is 9.33. The zero-order chi connectivity index (χ0) is 29.7. The van der Waals surface area contributed by atoms with Gasteiger partial charge < -0.3 is 10.1 Å². The molecule has 0 unspecified atom stereocenters. The highest BCUT2D eigenvalue weighted by Gasteiger charge is 2.64. The van der Waals surface area contributed by atoms with Gasteiger partial charge >= 0.3 is 0 Å². The second-order valence-electron chi connectivity index (χ2n) is 15.4. The third-order valence-corrected chi connectivity index (χ3v) is 11.7. The smallest absolute Gasteiger partial charge is 0.246 e. The highest BCUT2D eigenvalue weighted by Crippen LogP contribution is 2.66.